The van der Waals surface area contributed by atoms with Gasteiger partial charge in [-0.15, -0.1) is 0 Å². The number of carbonyl (C=O) groups is 2. The molecule has 0 saturated heterocycles. The third kappa shape index (κ3) is 3.91. The SMILES string of the molecule is CC(CC(N)=O)C(=O)Nc1cccc(Cl)c1Cl. The lowest BCUT2D eigenvalue weighted by atomic mass is 10.1. The van der Waals surface area contributed by atoms with Crippen LogP contribution in [0.3, 0.4) is 0 Å². The molecule has 1 atom stereocenters. The fourth-order valence-electron chi connectivity index (χ4n) is 1.25. The van der Waals surface area contributed by atoms with Crippen LogP contribution in [0.2, 0.25) is 10.0 Å². The Balaban J connectivity index is 2.74. The predicted molar refractivity (Wildman–Crippen MR) is 68.1 cm³/mol. The van der Waals surface area contributed by atoms with Crippen molar-refractivity contribution in [3.63, 3.8) is 0 Å². The van der Waals surface area contributed by atoms with Crippen molar-refractivity contribution in [1.29, 1.82) is 0 Å². The Morgan fingerprint density at radius 1 is 1.41 bits per heavy atom. The minimum Gasteiger partial charge on any atom is -0.370 e. The van der Waals surface area contributed by atoms with Crippen LogP contribution in [0.4, 0.5) is 5.69 Å². The summed E-state index contributed by atoms with van der Waals surface area (Å²) in [5.41, 5.74) is 5.43. The van der Waals surface area contributed by atoms with Gasteiger partial charge >= 0.3 is 0 Å². The Kier molecular flexibility index (Phi) is 4.78. The second-order valence-corrected chi connectivity index (χ2v) is 4.45. The Bertz CT molecular complexity index is 449. The Morgan fingerprint density at radius 3 is 2.65 bits per heavy atom. The van der Waals surface area contributed by atoms with Crippen LogP contribution in [-0.4, -0.2) is 11.8 Å². The zero-order chi connectivity index (χ0) is 13.0. The molecule has 1 aromatic carbocycles. The van der Waals surface area contributed by atoms with Crippen molar-refractivity contribution in [2.45, 2.75) is 13.3 Å². The second kappa shape index (κ2) is 5.89. The van der Waals surface area contributed by atoms with Crippen molar-refractivity contribution in [1.82, 2.24) is 0 Å². The van der Waals surface area contributed by atoms with E-state index in [-0.39, 0.29) is 17.4 Å². The molecule has 17 heavy (non-hydrogen) atoms. The number of primary amides is 1. The zero-order valence-electron chi connectivity index (χ0n) is 9.17. The monoisotopic (exact) mass is 274 g/mol. The summed E-state index contributed by atoms with van der Waals surface area (Å²) >= 11 is 11.7. The highest BCUT2D eigenvalue weighted by Crippen LogP contribution is 2.29. The number of carbonyl (C=O) groups excluding carboxylic acids is 2. The van der Waals surface area contributed by atoms with E-state index in [0.717, 1.165) is 0 Å². The average molecular weight is 275 g/mol. The summed E-state index contributed by atoms with van der Waals surface area (Å²) in [6, 6.07) is 4.91. The van der Waals surface area contributed by atoms with Crippen molar-refractivity contribution in [3.05, 3.63) is 28.2 Å². The van der Waals surface area contributed by atoms with Crippen LogP contribution in [0.15, 0.2) is 18.2 Å². The van der Waals surface area contributed by atoms with Gasteiger partial charge in [-0.25, -0.2) is 0 Å². The first-order chi connectivity index (χ1) is 7.91. The average Bonchev–Trinajstić information content (AvgIpc) is 2.23. The van der Waals surface area contributed by atoms with Crippen LogP contribution in [0.25, 0.3) is 0 Å². The third-order valence-corrected chi connectivity index (χ3v) is 2.98. The largest absolute Gasteiger partial charge is 0.370 e. The molecule has 0 aliphatic heterocycles. The van der Waals surface area contributed by atoms with Gasteiger partial charge < -0.3 is 11.1 Å². The number of anilines is 1. The van der Waals surface area contributed by atoms with E-state index in [9.17, 15) is 9.59 Å². The van der Waals surface area contributed by atoms with Crippen LogP contribution < -0.4 is 11.1 Å². The molecule has 4 nitrogen and oxygen atoms in total. The third-order valence-electron chi connectivity index (χ3n) is 2.16. The quantitative estimate of drug-likeness (QED) is 0.885. The predicted octanol–water partition coefficient (Wildman–Crippen LogP) is 2.44. The highest BCUT2D eigenvalue weighted by molar-refractivity contribution is 6.44. The molecule has 1 rings (SSSR count). The van der Waals surface area contributed by atoms with Gasteiger partial charge in [-0.1, -0.05) is 36.2 Å². The van der Waals surface area contributed by atoms with E-state index >= 15 is 0 Å². The molecule has 0 radical (unpaired) electrons. The summed E-state index contributed by atoms with van der Waals surface area (Å²) in [4.78, 5) is 22.4. The smallest absolute Gasteiger partial charge is 0.227 e. The van der Waals surface area contributed by atoms with Crippen LogP contribution >= 0.6 is 23.2 Å². The molecule has 0 aliphatic carbocycles. The molecule has 6 heteroatoms. The lowest BCUT2D eigenvalue weighted by Crippen LogP contribution is -2.25. The highest BCUT2D eigenvalue weighted by Gasteiger charge is 2.16. The maximum Gasteiger partial charge on any atom is 0.227 e. The van der Waals surface area contributed by atoms with Crippen molar-refractivity contribution >= 4 is 40.7 Å². The van der Waals surface area contributed by atoms with E-state index in [0.29, 0.717) is 10.7 Å². The molecule has 0 saturated carbocycles. The standard InChI is InChI=1S/C11H12Cl2N2O2/c1-6(5-9(14)16)11(17)15-8-4-2-3-7(12)10(8)13/h2-4,6H,5H2,1H3,(H2,14,16)(H,15,17). The zero-order valence-corrected chi connectivity index (χ0v) is 10.7. The van der Waals surface area contributed by atoms with Gasteiger partial charge in [-0.3, -0.25) is 9.59 Å². The molecule has 0 fully saturated rings. The van der Waals surface area contributed by atoms with Crippen molar-refractivity contribution in [2.24, 2.45) is 11.7 Å². The molecule has 0 spiro atoms. The molecule has 3 N–H and O–H groups in total. The van der Waals surface area contributed by atoms with Crippen LogP contribution in [0, 0.1) is 5.92 Å². The van der Waals surface area contributed by atoms with Crippen molar-refractivity contribution in [2.75, 3.05) is 5.32 Å². The first-order valence-electron chi connectivity index (χ1n) is 4.95. The lowest BCUT2D eigenvalue weighted by Gasteiger charge is -2.12. The number of nitrogens with one attached hydrogen (secondary N) is 1. The topological polar surface area (TPSA) is 72.2 Å². The van der Waals surface area contributed by atoms with E-state index in [4.69, 9.17) is 28.9 Å². The molecule has 1 unspecified atom stereocenters. The van der Waals surface area contributed by atoms with Crippen molar-refractivity contribution < 1.29 is 9.59 Å². The van der Waals surface area contributed by atoms with Gasteiger partial charge in [-0.2, -0.15) is 0 Å². The summed E-state index contributed by atoms with van der Waals surface area (Å²) in [5.74, 6) is -1.36. The highest BCUT2D eigenvalue weighted by atomic mass is 35.5. The number of benzene rings is 1. The number of nitrogens with two attached hydrogens (primary N) is 1. The van der Waals surface area contributed by atoms with E-state index in [1.54, 1.807) is 25.1 Å². The van der Waals surface area contributed by atoms with Gasteiger partial charge in [0.05, 0.1) is 15.7 Å². The summed E-state index contributed by atoms with van der Waals surface area (Å²) in [7, 11) is 0. The number of rotatable bonds is 4. The minimum atomic E-state index is -0.523. The summed E-state index contributed by atoms with van der Waals surface area (Å²) < 4.78 is 0. The van der Waals surface area contributed by atoms with Crippen LogP contribution in [-0.2, 0) is 9.59 Å². The van der Waals surface area contributed by atoms with Crippen LogP contribution in [0.1, 0.15) is 13.3 Å². The maximum atomic E-state index is 11.7. The Labute approximate surface area is 109 Å². The molecular formula is C11H12Cl2N2O2. The number of amides is 2. The molecule has 2 amide bonds. The Hall–Kier alpha value is -1.26. The molecule has 0 heterocycles. The fourth-order valence-corrected chi connectivity index (χ4v) is 1.60. The fraction of sp³-hybridized carbons (Fsp3) is 0.273. The Morgan fingerprint density at radius 2 is 2.06 bits per heavy atom. The maximum absolute atomic E-state index is 11.7. The number of hydrogen-bond acceptors (Lipinski definition) is 2. The molecule has 1 aromatic rings. The van der Waals surface area contributed by atoms with Gasteiger partial charge in [0.15, 0.2) is 0 Å². The second-order valence-electron chi connectivity index (χ2n) is 3.66. The lowest BCUT2D eigenvalue weighted by molar-refractivity contribution is -0.125. The van der Waals surface area contributed by atoms with Gasteiger partial charge in [0, 0.05) is 12.3 Å². The van der Waals surface area contributed by atoms with Gasteiger partial charge in [0.1, 0.15) is 0 Å². The normalized spacial score (nSPS) is 11.9. The molecule has 0 aromatic heterocycles. The van der Waals surface area contributed by atoms with Gasteiger partial charge in [0.25, 0.3) is 0 Å². The van der Waals surface area contributed by atoms with E-state index in [1.807, 2.05) is 0 Å². The number of halogens is 2. The van der Waals surface area contributed by atoms with E-state index in [2.05, 4.69) is 5.32 Å². The summed E-state index contributed by atoms with van der Waals surface area (Å²) in [6.07, 6.45) is -0.00990. The van der Waals surface area contributed by atoms with Gasteiger partial charge in [0.2, 0.25) is 11.8 Å². The van der Waals surface area contributed by atoms with E-state index in [1.165, 1.54) is 0 Å². The first-order valence-corrected chi connectivity index (χ1v) is 5.70. The molecule has 92 valence electrons. The minimum absolute atomic E-state index is 0.00990. The van der Waals surface area contributed by atoms with Crippen molar-refractivity contribution in [3.8, 4) is 0 Å². The van der Waals surface area contributed by atoms with E-state index < -0.39 is 11.8 Å². The first kappa shape index (κ1) is 13.8. The molecule has 0 aliphatic rings. The molecular weight excluding hydrogens is 263 g/mol. The summed E-state index contributed by atoms with van der Waals surface area (Å²) in [6.45, 7) is 1.61. The number of hydrogen-bond donors (Lipinski definition) is 2. The van der Waals surface area contributed by atoms with Gasteiger partial charge in [-0.05, 0) is 12.1 Å². The van der Waals surface area contributed by atoms with Crippen LogP contribution in [0.5, 0.6) is 0 Å². The molecule has 0 bridgehead atoms. The summed E-state index contributed by atoms with van der Waals surface area (Å²) in [5, 5.41) is 3.22.